The number of hydrogen-bond donors (Lipinski definition) is 1. The van der Waals surface area contributed by atoms with E-state index in [1.165, 1.54) is 17.7 Å². The lowest BCUT2D eigenvalue weighted by molar-refractivity contribution is 0.582. The Balaban J connectivity index is 2.39. The Kier molecular flexibility index (Phi) is 2.09. The molecule has 0 aliphatic carbocycles. The maximum absolute atomic E-state index is 4.39. The summed E-state index contributed by atoms with van der Waals surface area (Å²) in [6.07, 6.45) is 4.21. The molecule has 0 saturated carbocycles. The maximum atomic E-state index is 4.39. The first-order valence-corrected chi connectivity index (χ1v) is 4.55. The van der Waals surface area contributed by atoms with E-state index in [0.29, 0.717) is 6.04 Å². The SMILES string of the molecule is CC1NCCCc2ncccc21. The molecule has 2 heterocycles. The van der Waals surface area contributed by atoms with Crippen LogP contribution in [0, 0.1) is 0 Å². The van der Waals surface area contributed by atoms with Crippen LogP contribution >= 0.6 is 0 Å². The Labute approximate surface area is 73.0 Å². The second-order valence-electron chi connectivity index (χ2n) is 3.32. The molecular formula is C10H14N2. The van der Waals surface area contributed by atoms with E-state index in [0.717, 1.165) is 13.0 Å². The molecule has 1 aliphatic heterocycles. The van der Waals surface area contributed by atoms with Gasteiger partial charge in [0.1, 0.15) is 0 Å². The van der Waals surface area contributed by atoms with E-state index in [1.54, 1.807) is 0 Å². The van der Waals surface area contributed by atoms with Gasteiger partial charge in [0.25, 0.3) is 0 Å². The van der Waals surface area contributed by atoms with Crippen molar-refractivity contribution in [2.45, 2.75) is 25.8 Å². The van der Waals surface area contributed by atoms with Crippen LogP contribution in [0.1, 0.15) is 30.6 Å². The minimum Gasteiger partial charge on any atom is -0.310 e. The molecule has 1 aromatic heterocycles. The summed E-state index contributed by atoms with van der Waals surface area (Å²) in [6.45, 7) is 3.31. The van der Waals surface area contributed by atoms with Gasteiger partial charge in [-0.25, -0.2) is 0 Å². The van der Waals surface area contributed by atoms with E-state index in [9.17, 15) is 0 Å². The van der Waals surface area contributed by atoms with Gasteiger partial charge in [-0.15, -0.1) is 0 Å². The van der Waals surface area contributed by atoms with Gasteiger partial charge in [-0.05, 0) is 37.9 Å². The molecule has 1 unspecified atom stereocenters. The van der Waals surface area contributed by atoms with Gasteiger partial charge in [-0.2, -0.15) is 0 Å². The molecule has 1 aromatic rings. The number of pyridine rings is 1. The molecular weight excluding hydrogens is 148 g/mol. The molecule has 0 saturated heterocycles. The third-order valence-corrected chi connectivity index (χ3v) is 2.43. The predicted molar refractivity (Wildman–Crippen MR) is 49.0 cm³/mol. The van der Waals surface area contributed by atoms with E-state index >= 15 is 0 Å². The van der Waals surface area contributed by atoms with Crippen molar-refractivity contribution in [1.29, 1.82) is 0 Å². The molecule has 0 bridgehead atoms. The quantitative estimate of drug-likeness (QED) is 0.627. The number of nitrogens with zero attached hydrogens (tertiary/aromatic N) is 1. The van der Waals surface area contributed by atoms with Crippen LogP contribution in [0.15, 0.2) is 18.3 Å². The first kappa shape index (κ1) is 7.74. The van der Waals surface area contributed by atoms with E-state index < -0.39 is 0 Å². The Bertz CT molecular complexity index is 270. The summed E-state index contributed by atoms with van der Waals surface area (Å²) < 4.78 is 0. The van der Waals surface area contributed by atoms with Crippen LogP contribution in [-0.4, -0.2) is 11.5 Å². The average molecular weight is 162 g/mol. The van der Waals surface area contributed by atoms with Gasteiger partial charge in [0.05, 0.1) is 0 Å². The zero-order chi connectivity index (χ0) is 8.39. The first-order chi connectivity index (χ1) is 5.88. The molecule has 0 spiro atoms. The van der Waals surface area contributed by atoms with Gasteiger partial charge >= 0.3 is 0 Å². The van der Waals surface area contributed by atoms with Crippen LogP contribution in [0.5, 0.6) is 0 Å². The van der Waals surface area contributed by atoms with Crippen molar-refractivity contribution in [3.05, 3.63) is 29.6 Å². The van der Waals surface area contributed by atoms with E-state index in [4.69, 9.17) is 0 Å². The van der Waals surface area contributed by atoms with Crippen molar-refractivity contribution < 1.29 is 0 Å². The van der Waals surface area contributed by atoms with Gasteiger partial charge < -0.3 is 5.32 Å². The summed E-state index contributed by atoms with van der Waals surface area (Å²) in [6, 6.07) is 4.66. The van der Waals surface area contributed by atoms with Crippen LogP contribution in [0.4, 0.5) is 0 Å². The summed E-state index contributed by atoms with van der Waals surface area (Å²) in [5.41, 5.74) is 2.64. The predicted octanol–water partition coefficient (Wildman–Crippen LogP) is 1.68. The third-order valence-electron chi connectivity index (χ3n) is 2.43. The molecule has 0 aromatic carbocycles. The van der Waals surface area contributed by atoms with Crippen LogP contribution in [-0.2, 0) is 6.42 Å². The van der Waals surface area contributed by atoms with E-state index in [1.807, 2.05) is 12.3 Å². The minimum atomic E-state index is 0.469. The van der Waals surface area contributed by atoms with Crippen LogP contribution < -0.4 is 5.32 Å². The zero-order valence-corrected chi connectivity index (χ0v) is 7.38. The second-order valence-corrected chi connectivity index (χ2v) is 3.32. The summed E-state index contributed by atoms with van der Waals surface area (Å²) >= 11 is 0. The molecule has 0 radical (unpaired) electrons. The monoisotopic (exact) mass is 162 g/mol. The molecule has 1 aliphatic rings. The fraction of sp³-hybridized carbons (Fsp3) is 0.500. The average Bonchev–Trinajstić information content (AvgIpc) is 2.29. The van der Waals surface area contributed by atoms with Crippen LogP contribution in [0.2, 0.25) is 0 Å². The second kappa shape index (κ2) is 3.23. The first-order valence-electron chi connectivity index (χ1n) is 4.55. The highest BCUT2D eigenvalue weighted by Gasteiger charge is 2.13. The Morgan fingerprint density at radius 2 is 2.50 bits per heavy atom. The Morgan fingerprint density at radius 3 is 3.42 bits per heavy atom. The van der Waals surface area contributed by atoms with Crippen molar-refractivity contribution in [3.8, 4) is 0 Å². The Morgan fingerprint density at radius 1 is 1.58 bits per heavy atom. The molecule has 1 atom stereocenters. The maximum Gasteiger partial charge on any atom is 0.0451 e. The lowest BCUT2D eigenvalue weighted by Gasteiger charge is -2.11. The highest BCUT2D eigenvalue weighted by Crippen LogP contribution is 2.19. The lowest BCUT2D eigenvalue weighted by Crippen LogP contribution is -2.17. The third kappa shape index (κ3) is 1.34. The number of nitrogens with one attached hydrogen (secondary N) is 1. The summed E-state index contributed by atoms with van der Waals surface area (Å²) in [7, 11) is 0. The molecule has 12 heavy (non-hydrogen) atoms. The molecule has 2 heteroatoms. The van der Waals surface area contributed by atoms with Crippen molar-refractivity contribution in [3.63, 3.8) is 0 Å². The minimum absolute atomic E-state index is 0.469. The van der Waals surface area contributed by atoms with Gasteiger partial charge in [0.15, 0.2) is 0 Å². The standard InChI is InChI=1S/C10H14N2/c1-8-9-4-2-7-12-10(9)5-3-6-11-8/h2,4,7-8,11H,3,5-6H2,1H3. The van der Waals surface area contributed by atoms with Gasteiger partial charge in [-0.1, -0.05) is 6.07 Å². The van der Waals surface area contributed by atoms with Crippen LogP contribution in [0.25, 0.3) is 0 Å². The molecule has 2 nitrogen and oxygen atoms in total. The lowest BCUT2D eigenvalue weighted by atomic mass is 10.1. The molecule has 2 rings (SSSR count). The smallest absolute Gasteiger partial charge is 0.0451 e. The van der Waals surface area contributed by atoms with Crippen molar-refractivity contribution in [1.82, 2.24) is 10.3 Å². The largest absolute Gasteiger partial charge is 0.310 e. The number of fused-ring (bicyclic) bond motifs is 1. The molecule has 64 valence electrons. The fourth-order valence-electron chi connectivity index (χ4n) is 1.74. The summed E-state index contributed by atoms with van der Waals surface area (Å²) in [5, 5.41) is 3.46. The van der Waals surface area contributed by atoms with Gasteiger partial charge in [0.2, 0.25) is 0 Å². The highest BCUT2D eigenvalue weighted by molar-refractivity contribution is 5.24. The van der Waals surface area contributed by atoms with Crippen molar-refractivity contribution in [2.75, 3.05) is 6.54 Å². The van der Waals surface area contributed by atoms with Crippen LogP contribution in [0.3, 0.4) is 0 Å². The molecule has 0 fully saturated rings. The van der Waals surface area contributed by atoms with Gasteiger partial charge in [-0.3, -0.25) is 4.98 Å². The number of aromatic nitrogens is 1. The molecule has 0 amide bonds. The van der Waals surface area contributed by atoms with Crippen molar-refractivity contribution >= 4 is 0 Å². The topological polar surface area (TPSA) is 24.9 Å². The zero-order valence-electron chi connectivity index (χ0n) is 7.38. The Hall–Kier alpha value is -0.890. The normalized spacial score (nSPS) is 22.9. The summed E-state index contributed by atoms with van der Waals surface area (Å²) in [4.78, 5) is 4.39. The van der Waals surface area contributed by atoms with E-state index in [-0.39, 0.29) is 0 Å². The van der Waals surface area contributed by atoms with Crippen molar-refractivity contribution in [2.24, 2.45) is 0 Å². The fourth-order valence-corrected chi connectivity index (χ4v) is 1.74. The summed E-state index contributed by atoms with van der Waals surface area (Å²) in [5.74, 6) is 0. The van der Waals surface area contributed by atoms with E-state index in [2.05, 4.69) is 23.3 Å². The number of aryl methyl sites for hydroxylation is 1. The van der Waals surface area contributed by atoms with Gasteiger partial charge in [0, 0.05) is 17.9 Å². The number of hydrogen-bond acceptors (Lipinski definition) is 2. The highest BCUT2D eigenvalue weighted by atomic mass is 14.9. The number of rotatable bonds is 0. The molecule has 1 N–H and O–H groups in total.